The molecule has 1 saturated heterocycles. The van der Waals surface area contributed by atoms with Gasteiger partial charge in [0.1, 0.15) is 0 Å². The van der Waals surface area contributed by atoms with Gasteiger partial charge in [0, 0.05) is 37.2 Å². The first-order chi connectivity index (χ1) is 11.8. The van der Waals surface area contributed by atoms with Crippen molar-refractivity contribution < 1.29 is 4.74 Å². The second kappa shape index (κ2) is 6.05. The van der Waals surface area contributed by atoms with E-state index in [2.05, 4.69) is 31.9 Å². The highest BCUT2D eigenvalue weighted by Crippen LogP contribution is 2.28. The Morgan fingerprint density at radius 3 is 2.75 bits per heavy atom. The lowest BCUT2D eigenvalue weighted by molar-refractivity contribution is 0.122. The smallest absolute Gasteiger partial charge is 0.181 e. The Balaban J connectivity index is 1.84. The quantitative estimate of drug-likeness (QED) is 0.742. The number of anilines is 1. The van der Waals surface area contributed by atoms with Crippen LogP contribution in [0.1, 0.15) is 11.4 Å². The van der Waals surface area contributed by atoms with Gasteiger partial charge in [-0.25, -0.2) is 9.97 Å². The van der Waals surface area contributed by atoms with E-state index in [0.717, 1.165) is 60.4 Å². The molecule has 0 aliphatic carbocycles. The van der Waals surface area contributed by atoms with E-state index in [1.54, 1.807) is 6.08 Å². The van der Waals surface area contributed by atoms with Gasteiger partial charge in [0.2, 0.25) is 0 Å². The molecule has 4 rings (SSSR count). The van der Waals surface area contributed by atoms with E-state index in [1.807, 2.05) is 31.6 Å². The summed E-state index contributed by atoms with van der Waals surface area (Å²) in [5.41, 5.74) is 4.78. The maximum absolute atomic E-state index is 5.44. The van der Waals surface area contributed by atoms with E-state index in [9.17, 15) is 0 Å². The minimum Gasteiger partial charge on any atom is -0.378 e. The predicted octanol–water partition coefficient (Wildman–Crippen LogP) is 2.58. The second-order valence-corrected chi connectivity index (χ2v) is 5.77. The number of nitrogens with zero attached hydrogens (tertiary/aromatic N) is 5. The first-order valence-electron chi connectivity index (χ1n) is 8.03. The van der Waals surface area contributed by atoms with Gasteiger partial charge in [0.05, 0.1) is 30.3 Å². The molecular formula is C18H19N5O. The van der Waals surface area contributed by atoms with Crippen LogP contribution in [0, 0.1) is 6.92 Å². The van der Waals surface area contributed by atoms with Gasteiger partial charge in [0.15, 0.2) is 11.5 Å². The molecule has 6 heteroatoms. The van der Waals surface area contributed by atoms with Crippen molar-refractivity contribution >= 4 is 17.5 Å². The van der Waals surface area contributed by atoms with Gasteiger partial charge < -0.3 is 9.64 Å². The van der Waals surface area contributed by atoms with E-state index < -0.39 is 0 Å². The van der Waals surface area contributed by atoms with Gasteiger partial charge in [-0.15, -0.1) is 0 Å². The number of hydrogen-bond donors (Lipinski definition) is 0. The van der Waals surface area contributed by atoms with Crippen LogP contribution in [-0.2, 0) is 4.74 Å². The van der Waals surface area contributed by atoms with E-state index >= 15 is 0 Å². The van der Waals surface area contributed by atoms with E-state index in [0.29, 0.717) is 0 Å². The number of rotatable bonds is 3. The van der Waals surface area contributed by atoms with E-state index in [1.165, 1.54) is 0 Å². The van der Waals surface area contributed by atoms with Crippen LogP contribution in [0.3, 0.4) is 0 Å². The molecule has 0 radical (unpaired) electrons. The van der Waals surface area contributed by atoms with Crippen molar-refractivity contribution in [2.24, 2.45) is 0 Å². The zero-order chi connectivity index (χ0) is 16.5. The minimum absolute atomic E-state index is 0.724. The summed E-state index contributed by atoms with van der Waals surface area (Å²) in [5.74, 6) is 0.908. The molecule has 0 saturated carbocycles. The number of ether oxygens (including phenoxy) is 1. The summed E-state index contributed by atoms with van der Waals surface area (Å²) in [4.78, 5) is 16.0. The molecule has 0 amide bonds. The van der Waals surface area contributed by atoms with Crippen LogP contribution in [0.2, 0.25) is 0 Å². The molecule has 0 bridgehead atoms. The summed E-state index contributed by atoms with van der Waals surface area (Å²) in [6, 6.07) is 4.01. The molecule has 0 atom stereocenters. The zero-order valence-corrected chi connectivity index (χ0v) is 13.6. The van der Waals surface area contributed by atoms with Gasteiger partial charge >= 0.3 is 0 Å². The largest absolute Gasteiger partial charge is 0.378 e. The second-order valence-electron chi connectivity index (χ2n) is 5.77. The van der Waals surface area contributed by atoms with Crippen LogP contribution < -0.4 is 4.90 Å². The number of morpholine rings is 1. The molecule has 4 heterocycles. The molecule has 1 aliphatic rings. The fourth-order valence-corrected chi connectivity index (χ4v) is 3.09. The van der Waals surface area contributed by atoms with Crippen molar-refractivity contribution in [1.82, 2.24) is 19.4 Å². The lowest BCUT2D eigenvalue weighted by atomic mass is 10.1. The molecule has 3 aromatic rings. The highest BCUT2D eigenvalue weighted by Gasteiger charge is 2.20. The van der Waals surface area contributed by atoms with Crippen molar-refractivity contribution in [3.8, 4) is 11.3 Å². The molecule has 24 heavy (non-hydrogen) atoms. The van der Waals surface area contributed by atoms with Gasteiger partial charge in [0.25, 0.3) is 0 Å². The summed E-state index contributed by atoms with van der Waals surface area (Å²) in [6.07, 6.45) is 7.39. The summed E-state index contributed by atoms with van der Waals surface area (Å²) < 4.78 is 7.54. The molecule has 3 aromatic heterocycles. The van der Waals surface area contributed by atoms with Crippen LogP contribution in [0.25, 0.3) is 23.0 Å². The van der Waals surface area contributed by atoms with Gasteiger partial charge in [-0.2, -0.15) is 0 Å². The number of aryl methyl sites for hydroxylation is 1. The minimum atomic E-state index is 0.724. The molecule has 0 aromatic carbocycles. The molecule has 0 N–H and O–H groups in total. The van der Waals surface area contributed by atoms with E-state index in [-0.39, 0.29) is 0 Å². The number of imidazole rings is 1. The fourth-order valence-electron chi connectivity index (χ4n) is 3.09. The fraction of sp³-hybridized carbons (Fsp3) is 0.278. The Bertz CT molecular complexity index is 878. The van der Waals surface area contributed by atoms with E-state index in [4.69, 9.17) is 9.72 Å². The average molecular weight is 321 g/mol. The van der Waals surface area contributed by atoms with Crippen LogP contribution in [0.4, 0.5) is 5.82 Å². The molecule has 122 valence electrons. The van der Waals surface area contributed by atoms with Crippen LogP contribution in [0.5, 0.6) is 0 Å². The molecule has 1 fully saturated rings. The maximum atomic E-state index is 5.44. The van der Waals surface area contributed by atoms with Crippen LogP contribution in [0.15, 0.2) is 37.3 Å². The SMILES string of the molecule is C=Cc1ccc(-c2c(C)nc3c(N4CCOCC4)nccn23)cn1. The Morgan fingerprint density at radius 2 is 2.04 bits per heavy atom. The zero-order valence-electron chi connectivity index (χ0n) is 13.6. The Labute approximate surface area is 140 Å². The third kappa shape index (κ3) is 2.45. The Kier molecular flexibility index (Phi) is 3.74. The number of fused-ring (bicyclic) bond motifs is 1. The Hall–Kier alpha value is -2.73. The third-order valence-electron chi connectivity index (χ3n) is 4.28. The van der Waals surface area contributed by atoms with Gasteiger partial charge in [-0.1, -0.05) is 6.58 Å². The van der Waals surface area contributed by atoms with Crippen molar-refractivity contribution in [2.75, 3.05) is 31.2 Å². The Morgan fingerprint density at radius 1 is 1.21 bits per heavy atom. The average Bonchev–Trinajstić information content (AvgIpc) is 2.98. The van der Waals surface area contributed by atoms with Crippen molar-refractivity contribution in [1.29, 1.82) is 0 Å². The standard InChI is InChI=1S/C18H19N5O/c1-3-15-5-4-14(12-20-15)16-13(2)21-18-17(19-6-7-23(16)18)22-8-10-24-11-9-22/h3-7,12H,1,8-11H2,2H3. The van der Waals surface area contributed by atoms with Crippen LogP contribution >= 0.6 is 0 Å². The lowest BCUT2D eigenvalue weighted by Gasteiger charge is -2.27. The first kappa shape index (κ1) is 14.8. The lowest BCUT2D eigenvalue weighted by Crippen LogP contribution is -2.37. The highest BCUT2D eigenvalue weighted by molar-refractivity contribution is 5.73. The first-order valence-corrected chi connectivity index (χ1v) is 8.03. The number of pyridine rings is 1. The number of aromatic nitrogens is 4. The predicted molar refractivity (Wildman–Crippen MR) is 94.1 cm³/mol. The summed E-state index contributed by atoms with van der Waals surface area (Å²) in [6.45, 7) is 8.89. The third-order valence-corrected chi connectivity index (χ3v) is 4.28. The molecule has 0 spiro atoms. The summed E-state index contributed by atoms with van der Waals surface area (Å²) in [5, 5.41) is 0. The molecule has 6 nitrogen and oxygen atoms in total. The summed E-state index contributed by atoms with van der Waals surface area (Å²) in [7, 11) is 0. The van der Waals surface area contributed by atoms with Crippen molar-refractivity contribution in [2.45, 2.75) is 6.92 Å². The van der Waals surface area contributed by atoms with Crippen molar-refractivity contribution in [3.05, 3.63) is 48.7 Å². The molecule has 1 aliphatic heterocycles. The normalized spacial score (nSPS) is 15.0. The number of hydrogen-bond acceptors (Lipinski definition) is 5. The maximum Gasteiger partial charge on any atom is 0.181 e. The topological polar surface area (TPSA) is 55.5 Å². The summed E-state index contributed by atoms with van der Waals surface area (Å²) >= 11 is 0. The molecular weight excluding hydrogens is 302 g/mol. The van der Waals surface area contributed by atoms with Gasteiger partial charge in [-0.05, 0) is 25.1 Å². The monoisotopic (exact) mass is 321 g/mol. The highest BCUT2D eigenvalue weighted by atomic mass is 16.5. The van der Waals surface area contributed by atoms with Crippen molar-refractivity contribution in [3.63, 3.8) is 0 Å². The molecule has 0 unspecified atom stereocenters. The van der Waals surface area contributed by atoms with Crippen LogP contribution in [-0.4, -0.2) is 45.7 Å². The van der Waals surface area contributed by atoms with Gasteiger partial charge in [-0.3, -0.25) is 9.38 Å².